The van der Waals surface area contributed by atoms with E-state index in [1.54, 1.807) is 4.90 Å². The fourth-order valence-electron chi connectivity index (χ4n) is 5.38. The van der Waals surface area contributed by atoms with Crippen LogP contribution in [0.2, 0.25) is 0 Å². The van der Waals surface area contributed by atoms with Crippen molar-refractivity contribution in [1.82, 2.24) is 4.90 Å². The third-order valence-electron chi connectivity index (χ3n) is 6.28. The smallest absolute Gasteiger partial charge is 0.257 e. The van der Waals surface area contributed by atoms with Crippen LogP contribution < -0.4 is 5.73 Å². The number of nitrogens with zero attached hydrogens (tertiary/aromatic N) is 2. The standard InChI is InChI=1S/C15H15NOS.C12H28N.CH3NOS/c17-15(18)16(11-13-7-3-1-4-8-13)12-14-9-5-2-6-10-14;1-9(2)13(10(3)4,11(5)6)12(7)8;2-1(3)4/h1-10H,11-12H2,(H,17,18);9-12H,1-8H3;(H3,2,3,4)/q;+1;. The van der Waals surface area contributed by atoms with Gasteiger partial charge in [0.05, 0.1) is 24.2 Å². The molecule has 0 aliphatic heterocycles. The quantitative estimate of drug-likeness (QED) is 0.264. The molecule has 2 aromatic rings. The van der Waals surface area contributed by atoms with Gasteiger partial charge in [0.15, 0.2) is 0 Å². The van der Waals surface area contributed by atoms with Crippen LogP contribution in [0.1, 0.15) is 66.5 Å². The molecule has 0 bridgehead atoms. The number of thiocarbonyl (C=S) groups is 2. The Balaban J connectivity index is 0.000000598. The predicted octanol–water partition coefficient (Wildman–Crippen LogP) is 6.76. The van der Waals surface area contributed by atoms with Crippen molar-refractivity contribution in [2.75, 3.05) is 0 Å². The van der Waals surface area contributed by atoms with E-state index in [1.165, 1.54) is 4.48 Å². The molecule has 2 rings (SSSR count). The number of rotatable bonds is 8. The Bertz CT molecular complexity index is 774. The maximum atomic E-state index is 9.59. The molecule has 0 amide bonds. The summed E-state index contributed by atoms with van der Waals surface area (Å²) in [6, 6.07) is 22.8. The normalized spacial score (nSPS) is 11.0. The van der Waals surface area contributed by atoms with E-state index < -0.39 is 5.17 Å². The Morgan fingerprint density at radius 3 is 1.11 bits per heavy atom. The van der Waals surface area contributed by atoms with E-state index in [4.69, 9.17) is 17.3 Å². The number of aliphatic hydroxyl groups excluding tert-OH is 2. The van der Waals surface area contributed by atoms with Crippen LogP contribution >= 0.6 is 24.4 Å². The zero-order valence-corrected chi connectivity index (χ0v) is 24.3. The molecule has 0 spiro atoms. The van der Waals surface area contributed by atoms with Crippen LogP contribution in [0.15, 0.2) is 60.7 Å². The predicted molar refractivity (Wildman–Crippen MR) is 158 cm³/mol. The molecular weight excluding hydrogens is 474 g/mol. The Labute approximate surface area is 224 Å². The van der Waals surface area contributed by atoms with Crippen molar-refractivity contribution in [2.24, 2.45) is 5.73 Å². The first kappa shape index (κ1) is 32.8. The maximum Gasteiger partial charge on any atom is 0.257 e. The number of quaternary nitrogens is 1. The topological polar surface area (TPSA) is 69.7 Å². The molecule has 4 N–H and O–H groups in total. The summed E-state index contributed by atoms with van der Waals surface area (Å²) in [5.74, 6) is 0. The van der Waals surface area contributed by atoms with Gasteiger partial charge in [-0.05, 0) is 91.0 Å². The van der Waals surface area contributed by atoms with E-state index in [2.05, 4.69) is 73.3 Å². The second kappa shape index (κ2) is 16.5. The van der Waals surface area contributed by atoms with Gasteiger partial charge in [-0.15, -0.1) is 0 Å². The first-order valence-electron chi connectivity index (χ1n) is 12.2. The third kappa shape index (κ3) is 11.4. The fourth-order valence-corrected chi connectivity index (χ4v) is 5.51. The first-order chi connectivity index (χ1) is 16.3. The van der Waals surface area contributed by atoms with Crippen LogP contribution in [0.3, 0.4) is 0 Å². The monoisotopic (exact) mass is 520 g/mol. The summed E-state index contributed by atoms with van der Waals surface area (Å²) in [5.41, 5.74) is 6.66. The van der Waals surface area contributed by atoms with Gasteiger partial charge >= 0.3 is 0 Å². The molecule has 7 heteroatoms. The van der Waals surface area contributed by atoms with Crippen LogP contribution in [-0.4, -0.2) is 54.1 Å². The van der Waals surface area contributed by atoms with Gasteiger partial charge in [0.2, 0.25) is 0 Å². The van der Waals surface area contributed by atoms with E-state index in [0.29, 0.717) is 37.3 Å². The zero-order chi connectivity index (χ0) is 27.2. The molecule has 0 saturated carbocycles. The van der Waals surface area contributed by atoms with E-state index in [1.807, 2.05) is 60.7 Å². The second-order valence-corrected chi connectivity index (χ2v) is 10.5. The Morgan fingerprint density at radius 2 is 0.943 bits per heavy atom. The lowest BCUT2D eigenvalue weighted by Gasteiger charge is -2.52. The lowest BCUT2D eigenvalue weighted by molar-refractivity contribution is -1.00. The minimum absolute atomic E-state index is 0.0669. The van der Waals surface area contributed by atoms with Crippen molar-refractivity contribution in [1.29, 1.82) is 0 Å². The summed E-state index contributed by atoms with van der Waals surface area (Å²) in [4.78, 5) is 1.78. The molecule has 0 saturated heterocycles. The van der Waals surface area contributed by atoms with Gasteiger partial charge in [0, 0.05) is 13.1 Å². The zero-order valence-electron chi connectivity index (χ0n) is 22.7. The minimum Gasteiger partial charge on any atom is -0.487 e. The summed E-state index contributed by atoms with van der Waals surface area (Å²) in [6.07, 6.45) is 0. The Morgan fingerprint density at radius 1 is 0.686 bits per heavy atom. The summed E-state index contributed by atoms with van der Waals surface area (Å²) < 4.78 is 1.22. The van der Waals surface area contributed by atoms with Gasteiger partial charge in [-0.1, -0.05) is 60.7 Å². The summed E-state index contributed by atoms with van der Waals surface area (Å²) in [7, 11) is 0. The van der Waals surface area contributed by atoms with Crippen molar-refractivity contribution < 1.29 is 14.7 Å². The molecular formula is C28H46N3O2S2+. The molecule has 0 aliphatic carbocycles. The number of hydrogen-bond donors (Lipinski definition) is 3. The average Bonchev–Trinajstić information content (AvgIpc) is 2.74. The molecule has 35 heavy (non-hydrogen) atoms. The molecule has 0 atom stereocenters. The van der Waals surface area contributed by atoms with Crippen molar-refractivity contribution in [3.05, 3.63) is 71.8 Å². The Kier molecular flexibility index (Phi) is 15.4. The molecule has 2 aromatic carbocycles. The molecule has 0 aromatic heterocycles. The molecule has 0 fully saturated rings. The third-order valence-corrected chi connectivity index (χ3v) is 6.54. The highest BCUT2D eigenvalue weighted by Gasteiger charge is 2.40. The number of benzene rings is 2. The Hall–Kier alpha value is -2.22. The highest BCUT2D eigenvalue weighted by molar-refractivity contribution is 7.80. The molecule has 0 radical (unpaired) electrons. The van der Waals surface area contributed by atoms with Crippen LogP contribution in [-0.2, 0) is 13.1 Å². The van der Waals surface area contributed by atoms with Crippen LogP contribution in [0, 0.1) is 0 Å². The number of hydrogen-bond acceptors (Lipinski definition) is 2. The van der Waals surface area contributed by atoms with Gasteiger partial charge in [-0.2, -0.15) is 0 Å². The van der Waals surface area contributed by atoms with Gasteiger partial charge in [-0.25, -0.2) is 0 Å². The maximum absolute atomic E-state index is 9.59. The minimum atomic E-state index is -0.500. The summed E-state index contributed by atoms with van der Waals surface area (Å²) in [6.45, 7) is 20.0. The largest absolute Gasteiger partial charge is 0.487 e. The highest BCUT2D eigenvalue weighted by Crippen LogP contribution is 2.28. The van der Waals surface area contributed by atoms with Crippen LogP contribution in [0.5, 0.6) is 0 Å². The van der Waals surface area contributed by atoms with Crippen molar-refractivity contribution in [3.8, 4) is 0 Å². The van der Waals surface area contributed by atoms with Crippen molar-refractivity contribution in [2.45, 2.75) is 92.6 Å². The molecule has 5 nitrogen and oxygen atoms in total. The highest BCUT2D eigenvalue weighted by atomic mass is 32.1. The van der Waals surface area contributed by atoms with Gasteiger partial charge in [0.25, 0.3) is 10.3 Å². The van der Waals surface area contributed by atoms with Crippen molar-refractivity contribution in [3.63, 3.8) is 0 Å². The van der Waals surface area contributed by atoms with Crippen molar-refractivity contribution >= 4 is 34.8 Å². The van der Waals surface area contributed by atoms with Crippen LogP contribution in [0.4, 0.5) is 0 Å². The first-order valence-corrected chi connectivity index (χ1v) is 13.0. The van der Waals surface area contributed by atoms with Crippen LogP contribution in [0.25, 0.3) is 0 Å². The van der Waals surface area contributed by atoms with E-state index >= 15 is 0 Å². The number of nitrogens with two attached hydrogens (primary N) is 1. The molecule has 0 aliphatic rings. The summed E-state index contributed by atoms with van der Waals surface area (Å²) in [5, 5.41) is 16.6. The second-order valence-electron chi connectivity index (χ2n) is 9.72. The average molecular weight is 521 g/mol. The molecule has 0 heterocycles. The van der Waals surface area contributed by atoms with Gasteiger partial charge in [0.1, 0.15) is 0 Å². The number of aliphatic hydroxyl groups is 2. The fraction of sp³-hybridized carbons (Fsp3) is 0.500. The summed E-state index contributed by atoms with van der Waals surface area (Å²) >= 11 is 8.77. The van der Waals surface area contributed by atoms with E-state index in [0.717, 1.165) is 11.1 Å². The lowest BCUT2D eigenvalue weighted by atomic mass is 10.0. The van der Waals surface area contributed by atoms with E-state index in [-0.39, 0.29) is 5.17 Å². The SMILES string of the molecule is CC(C)[N+](C(C)C)(C(C)C)C(C)C.NC(O)=S.OC(=S)N(Cc1ccccc1)Cc1ccccc1. The molecule has 0 unspecified atom stereocenters. The lowest BCUT2D eigenvalue weighted by Crippen LogP contribution is -2.65. The van der Waals surface area contributed by atoms with Gasteiger partial charge < -0.3 is 25.3 Å². The van der Waals surface area contributed by atoms with Gasteiger partial charge in [-0.3, -0.25) is 0 Å². The van der Waals surface area contributed by atoms with E-state index in [9.17, 15) is 5.11 Å². The molecule has 196 valence electrons.